The summed E-state index contributed by atoms with van der Waals surface area (Å²) in [6, 6.07) is 10.1. The third kappa shape index (κ3) is 3.62. The standard InChI is InChI=1S/C16H10ClF3N2O2/c17-9-1-6-14-12(7-9)13(15(23)22-14)8-21-10-2-4-11(5-3-10)24-16(18,19)20/h1-8,22-23H. The smallest absolute Gasteiger partial charge is 0.494 e. The van der Waals surface area contributed by atoms with E-state index in [2.05, 4.69) is 14.7 Å². The molecule has 3 aromatic rings. The predicted molar refractivity (Wildman–Crippen MR) is 85.4 cm³/mol. The molecule has 4 nitrogen and oxygen atoms in total. The molecular formula is C16H10ClF3N2O2. The largest absolute Gasteiger partial charge is 0.573 e. The van der Waals surface area contributed by atoms with E-state index in [1.54, 1.807) is 18.2 Å². The average Bonchev–Trinajstić information content (AvgIpc) is 2.80. The summed E-state index contributed by atoms with van der Waals surface area (Å²) in [5.41, 5.74) is 1.52. The number of aromatic nitrogens is 1. The van der Waals surface area contributed by atoms with Crippen LogP contribution in [0.1, 0.15) is 5.56 Å². The summed E-state index contributed by atoms with van der Waals surface area (Å²) >= 11 is 5.94. The molecule has 0 saturated heterocycles. The van der Waals surface area contributed by atoms with Gasteiger partial charge in [-0.05, 0) is 42.5 Å². The highest BCUT2D eigenvalue weighted by Crippen LogP contribution is 2.29. The number of fused-ring (bicyclic) bond motifs is 1. The van der Waals surface area contributed by atoms with Crippen LogP contribution in [0.5, 0.6) is 11.6 Å². The normalized spacial score (nSPS) is 12.2. The Balaban J connectivity index is 1.86. The molecule has 0 amide bonds. The Morgan fingerprint density at radius 1 is 1.12 bits per heavy atom. The summed E-state index contributed by atoms with van der Waals surface area (Å²) in [6.45, 7) is 0. The van der Waals surface area contributed by atoms with Gasteiger partial charge in [0.05, 0.1) is 11.3 Å². The number of hydrogen-bond acceptors (Lipinski definition) is 3. The van der Waals surface area contributed by atoms with E-state index < -0.39 is 6.36 Å². The van der Waals surface area contributed by atoms with Crippen LogP contribution in [0.2, 0.25) is 5.02 Å². The molecule has 24 heavy (non-hydrogen) atoms. The molecule has 1 aromatic heterocycles. The molecule has 0 saturated carbocycles. The second-order valence-corrected chi connectivity index (χ2v) is 5.31. The van der Waals surface area contributed by atoms with Gasteiger partial charge in [-0.2, -0.15) is 0 Å². The fourth-order valence-corrected chi connectivity index (χ4v) is 2.35. The average molecular weight is 355 g/mol. The van der Waals surface area contributed by atoms with Crippen molar-refractivity contribution in [1.82, 2.24) is 4.98 Å². The highest BCUT2D eigenvalue weighted by atomic mass is 35.5. The molecule has 8 heteroatoms. The van der Waals surface area contributed by atoms with Crippen LogP contribution in [-0.4, -0.2) is 22.7 Å². The Hall–Kier alpha value is -2.67. The molecule has 2 aromatic carbocycles. The van der Waals surface area contributed by atoms with Gasteiger partial charge < -0.3 is 14.8 Å². The third-order valence-electron chi connectivity index (χ3n) is 3.19. The van der Waals surface area contributed by atoms with Crippen LogP contribution in [0.15, 0.2) is 47.5 Å². The van der Waals surface area contributed by atoms with Crippen molar-refractivity contribution in [2.45, 2.75) is 6.36 Å². The Labute approximate surface area is 139 Å². The first-order chi connectivity index (χ1) is 11.3. The lowest BCUT2D eigenvalue weighted by molar-refractivity contribution is -0.274. The molecule has 0 aliphatic carbocycles. The van der Waals surface area contributed by atoms with Gasteiger partial charge in [-0.1, -0.05) is 11.6 Å². The van der Waals surface area contributed by atoms with Crippen molar-refractivity contribution >= 4 is 34.4 Å². The number of nitrogens with one attached hydrogen (secondary N) is 1. The Bertz CT molecular complexity index is 902. The number of H-pyrrole nitrogens is 1. The minimum Gasteiger partial charge on any atom is -0.494 e. The Morgan fingerprint density at radius 3 is 2.50 bits per heavy atom. The molecule has 0 spiro atoms. The number of aliphatic imine (C=N–C) groups is 1. The SMILES string of the molecule is Oc1[nH]c2ccc(Cl)cc2c1C=Nc1ccc(OC(F)(F)F)cc1. The van der Waals surface area contributed by atoms with Gasteiger partial charge in [0, 0.05) is 22.1 Å². The molecule has 1 heterocycles. The van der Waals surface area contributed by atoms with Gasteiger partial charge in [0.15, 0.2) is 5.88 Å². The van der Waals surface area contributed by atoms with E-state index in [1.807, 2.05) is 0 Å². The first-order valence-corrected chi connectivity index (χ1v) is 7.10. The lowest BCUT2D eigenvalue weighted by Gasteiger charge is -2.08. The van der Waals surface area contributed by atoms with Gasteiger partial charge in [0.1, 0.15) is 5.75 Å². The zero-order chi connectivity index (χ0) is 17.3. The number of ether oxygens (including phenoxy) is 1. The summed E-state index contributed by atoms with van der Waals surface area (Å²) in [4.78, 5) is 6.93. The zero-order valence-corrected chi connectivity index (χ0v) is 12.7. The summed E-state index contributed by atoms with van der Waals surface area (Å²) in [7, 11) is 0. The molecule has 0 radical (unpaired) electrons. The van der Waals surface area contributed by atoms with Crippen molar-refractivity contribution in [2.24, 2.45) is 4.99 Å². The van der Waals surface area contributed by atoms with Gasteiger partial charge in [-0.15, -0.1) is 13.2 Å². The molecular weight excluding hydrogens is 345 g/mol. The molecule has 0 aliphatic heterocycles. The monoisotopic (exact) mass is 354 g/mol. The number of aromatic amines is 1. The molecule has 0 bridgehead atoms. The fraction of sp³-hybridized carbons (Fsp3) is 0.0625. The number of aromatic hydroxyl groups is 1. The number of alkyl halides is 3. The summed E-state index contributed by atoms with van der Waals surface area (Å²) in [5, 5.41) is 11.1. The van der Waals surface area contributed by atoms with Gasteiger partial charge >= 0.3 is 6.36 Å². The number of hydrogen-bond donors (Lipinski definition) is 2. The lowest BCUT2D eigenvalue weighted by atomic mass is 10.2. The van der Waals surface area contributed by atoms with Crippen LogP contribution in [0.4, 0.5) is 18.9 Å². The molecule has 0 unspecified atom stereocenters. The molecule has 0 atom stereocenters. The van der Waals surface area contributed by atoms with E-state index in [0.717, 1.165) is 12.1 Å². The first-order valence-electron chi connectivity index (χ1n) is 6.72. The van der Waals surface area contributed by atoms with Crippen LogP contribution >= 0.6 is 11.6 Å². The second-order valence-electron chi connectivity index (χ2n) is 4.88. The number of halogens is 4. The van der Waals surface area contributed by atoms with E-state index in [-0.39, 0.29) is 11.6 Å². The maximum atomic E-state index is 12.1. The molecule has 124 valence electrons. The van der Waals surface area contributed by atoms with E-state index in [9.17, 15) is 18.3 Å². The lowest BCUT2D eigenvalue weighted by Crippen LogP contribution is -2.16. The minimum absolute atomic E-state index is 0.0759. The van der Waals surface area contributed by atoms with E-state index in [4.69, 9.17) is 11.6 Å². The van der Waals surface area contributed by atoms with Crippen LogP contribution in [0.25, 0.3) is 10.9 Å². The first kappa shape index (κ1) is 16.2. The maximum absolute atomic E-state index is 12.1. The second kappa shape index (κ2) is 6.09. The van der Waals surface area contributed by atoms with Gasteiger partial charge in [0.2, 0.25) is 0 Å². The van der Waals surface area contributed by atoms with Crippen LogP contribution in [0, 0.1) is 0 Å². The minimum atomic E-state index is -4.74. The van der Waals surface area contributed by atoms with Crippen LogP contribution in [-0.2, 0) is 0 Å². The zero-order valence-electron chi connectivity index (χ0n) is 11.9. The maximum Gasteiger partial charge on any atom is 0.573 e. The van der Waals surface area contributed by atoms with Crippen molar-refractivity contribution in [3.8, 4) is 11.6 Å². The van der Waals surface area contributed by atoms with Crippen molar-refractivity contribution in [2.75, 3.05) is 0 Å². The number of benzene rings is 2. The summed E-state index contributed by atoms with van der Waals surface area (Å²) in [6.07, 6.45) is -3.33. The predicted octanol–water partition coefficient (Wildman–Crippen LogP) is 5.18. The van der Waals surface area contributed by atoms with Crippen LogP contribution < -0.4 is 4.74 Å². The molecule has 0 fully saturated rings. The highest BCUT2D eigenvalue weighted by Gasteiger charge is 2.30. The van der Waals surface area contributed by atoms with Crippen molar-refractivity contribution in [3.63, 3.8) is 0 Å². The molecule has 2 N–H and O–H groups in total. The topological polar surface area (TPSA) is 57.6 Å². The van der Waals surface area contributed by atoms with E-state index >= 15 is 0 Å². The number of rotatable bonds is 3. The number of nitrogens with zero attached hydrogens (tertiary/aromatic N) is 1. The quantitative estimate of drug-likeness (QED) is 0.637. The van der Waals surface area contributed by atoms with Crippen molar-refractivity contribution in [1.29, 1.82) is 0 Å². The van der Waals surface area contributed by atoms with Gasteiger partial charge in [-0.3, -0.25) is 4.99 Å². The van der Waals surface area contributed by atoms with E-state index in [1.165, 1.54) is 18.3 Å². The fourth-order valence-electron chi connectivity index (χ4n) is 2.17. The Kier molecular flexibility index (Phi) is 4.11. The van der Waals surface area contributed by atoms with Crippen molar-refractivity contribution < 1.29 is 23.0 Å². The van der Waals surface area contributed by atoms with Crippen molar-refractivity contribution in [3.05, 3.63) is 53.1 Å². The summed E-state index contributed by atoms with van der Waals surface area (Å²) in [5.74, 6) is -0.406. The molecule has 3 rings (SSSR count). The van der Waals surface area contributed by atoms with Gasteiger partial charge in [0.25, 0.3) is 0 Å². The summed E-state index contributed by atoms with van der Waals surface area (Å²) < 4.78 is 40.1. The highest BCUT2D eigenvalue weighted by molar-refractivity contribution is 6.31. The van der Waals surface area contributed by atoms with Crippen LogP contribution in [0.3, 0.4) is 0 Å². The Morgan fingerprint density at radius 2 is 1.83 bits per heavy atom. The third-order valence-corrected chi connectivity index (χ3v) is 3.43. The van der Waals surface area contributed by atoms with E-state index in [0.29, 0.717) is 27.2 Å². The molecule has 0 aliphatic rings. The van der Waals surface area contributed by atoms with Gasteiger partial charge in [-0.25, -0.2) is 0 Å².